The monoisotopic (exact) mass is 325 g/mol. The molecule has 2 aromatic heterocycles. The van der Waals surface area contributed by atoms with Crippen LogP contribution >= 0.6 is 0 Å². The van der Waals surface area contributed by atoms with E-state index in [1.54, 1.807) is 6.07 Å². The van der Waals surface area contributed by atoms with Gasteiger partial charge >= 0.3 is 6.18 Å². The van der Waals surface area contributed by atoms with Crippen LogP contribution in [0.1, 0.15) is 43.0 Å². The lowest BCUT2D eigenvalue weighted by Crippen LogP contribution is -2.27. The number of ether oxygens (including phenoxy) is 1. The highest BCUT2D eigenvalue weighted by Crippen LogP contribution is 2.46. The number of rotatable bonds is 2. The number of anilines is 1. The van der Waals surface area contributed by atoms with E-state index in [0.717, 1.165) is 10.7 Å². The Morgan fingerprint density at radius 3 is 2.78 bits per heavy atom. The van der Waals surface area contributed by atoms with Crippen molar-refractivity contribution < 1.29 is 17.9 Å². The minimum Gasteiger partial charge on any atom is -0.369 e. The molecule has 0 aliphatic carbocycles. The van der Waals surface area contributed by atoms with Crippen LogP contribution in [-0.4, -0.2) is 21.2 Å². The van der Waals surface area contributed by atoms with Crippen LogP contribution in [0.4, 0.5) is 19.1 Å². The molecule has 9 heteroatoms. The maximum Gasteiger partial charge on any atom is 0.419 e. The predicted octanol–water partition coefficient (Wildman–Crippen LogP) is 2.62. The predicted molar refractivity (Wildman–Crippen MR) is 74.3 cm³/mol. The van der Waals surface area contributed by atoms with Gasteiger partial charge in [-0.25, -0.2) is 9.50 Å². The second-order valence-corrected chi connectivity index (χ2v) is 5.42. The minimum absolute atomic E-state index is 0.108. The van der Waals surface area contributed by atoms with E-state index >= 15 is 0 Å². The third-order valence-electron chi connectivity index (χ3n) is 4.21. The van der Waals surface area contributed by atoms with Crippen LogP contribution in [0.3, 0.4) is 0 Å². The average molecular weight is 325 g/mol. The fourth-order valence-corrected chi connectivity index (χ4v) is 3.20. The molecule has 3 rings (SSSR count). The van der Waals surface area contributed by atoms with Gasteiger partial charge in [-0.1, -0.05) is 6.92 Å². The number of alkyl halides is 3. The van der Waals surface area contributed by atoms with Crippen LogP contribution in [0.2, 0.25) is 0 Å². The second kappa shape index (κ2) is 5.09. The van der Waals surface area contributed by atoms with Crippen molar-refractivity contribution in [2.45, 2.75) is 38.0 Å². The zero-order chi connectivity index (χ0) is 16.8. The van der Waals surface area contributed by atoms with Crippen LogP contribution in [0, 0.1) is 11.3 Å². The lowest BCUT2D eigenvalue weighted by Gasteiger charge is -2.27. The van der Waals surface area contributed by atoms with E-state index in [1.807, 2.05) is 6.92 Å². The molecule has 1 saturated heterocycles. The van der Waals surface area contributed by atoms with E-state index in [1.165, 1.54) is 0 Å². The van der Waals surface area contributed by atoms with Gasteiger partial charge in [0, 0.05) is 6.61 Å². The van der Waals surface area contributed by atoms with Crippen molar-refractivity contribution in [1.82, 2.24) is 14.6 Å². The third kappa shape index (κ3) is 2.21. The van der Waals surface area contributed by atoms with Gasteiger partial charge in [-0.15, -0.1) is 5.10 Å². The number of hydrogen-bond donors (Lipinski definition) is 1. The van der Waals surface area contributed by atoms with Gasteiger partial charge in [-0.3, -0.25) is 0 Å². The molecule has 1 aliphatic rings. The lowest BCUT2D eigenvalue weighted by atomic mass is 9.90. The molecule has 1 fully saturated rings. The van der Waals surface area contributed by atoms with Gasteiger partial charge in [0.25, 0.3) is 0 Å². The maximum atomic E-state index is 13.5. The third-order valence-corrected chi connectivity index (χ3v) is 4.21. The van der Waals surface area contributed by atoms with Gasteiger partial charge in [0.15, 0.2) is 0 Å². The molecule has 3 heterocycles. The molecule has 0 spiro atoms. The topological polar surface area (TPSA) is 89.2 Å². The molecule has 2 aromatic rings. The fraction of sp³-hybridized carbons (Fsp3) is 0.500. The summed E-state index contributed by atoms with van der Waals surface area (Å²) in [6, 6.07) is 1.69. The first kappa shape index (κ1) is 15.6. The summed E-state index contributed by atoms with van der Waals surface area (Å²) in [6.07, 6.45) is -2.07. The summed E-state index contributed by atoms with van der Waals surface area (Å²) >= 11 is 0. The van der Waals surface area contributed by atoms with Crippen molar-refractivity contribution in [2.24, 2.45) is 0 Å². The molecule has 1 atom stereocenters. The van der Waals surface area contributed by atoms with E-state index in [4.69, 9.17) is 10.5 Å². The summed E-state index contributed by atoms with van der Waals surface area (Å²) in [5.41, 5.74) is 2.87. The quantitative estimate of drug-likeness (QED) is 0.917. The summed E-state index contributed by atoms with van der Waals surface area (Å²) in [5, 5.41) is 13.3. The van der Waals surface area contributed by atoms with Crippen molar-refractivity contribution in [3.05, 3.63) is 23.0 Å². The standard InChI is InChI=1S/C14H14F3N5O/c1-2-13(4-3-5-23-13)11-8(6-18)10(14(15,16)17)9-7-20-12(19)21-22(9)11/h7H,2-5H2,1H3,(H2,19,21). The molecule has 0 bridgehead atoms. The van der Waals surface area contributed by atoms with E-state index in [9.17, 15) is 18.4 Å². The van der Waals surface area contributed by atoms with Crippen molar-refractivity contribution in [3.63, 3.8) is 0 Å². The van der Waals surface area contributed by atoms with E-state index < -0.39 is 22.9 Å². The van der Waals surface area contributed by atoms with Crippen molar-refractivity contribution in [2.75, 3.05) is 12.3 Å². The number of aromatic nitrogens is 3. The summed E-state index contributed by atoms with van der Waals surface area (Å²) in [4.78, 5) is 3.64. The Hall–Kier alpha value is -2.34. The fourth-order valence-electron chi connectivity index (χ4n) is 3.20. The number of nitrogens with zero attached hydrogens (tertiary/aromatic N) is 4. The normalized spacial score (nSPS) is 21.7. The number of nitriles is 1. The van der Waals surface area contributed by atoms with Gasteiger partial charge in [-0.2, -0.15) is 18.4 Å². The Bertz CT molecular complexity index is 799. The Morgan fingerprint density at radius 2 is 2.26 bits per heavy atom. The smallest absolute Gasteiger partial charge is 0.369 e. The van der Waals surface area contributed by atoms with Gasteiger partial charge in [0.1, 0.15) is 17.2 Å². The van der Waals surface area contributed by atoms with Gasteiger partial charge in [0.05, 0.1) is 23.0 Å². The van der Waals surface area contributed by atoms with Crippen LogP contribution < -0.4 is 5.73 Å². The van der Waals surface area contributed by atoms with Crippen LogP contribution in [0.15, 0.2) is 6.20 Å². The molecule has 6 nitrogen and oxygen atoms in total. The molecule has 0 amide bonds. The van der Waals surface area contributed by atoms with Gasteiger partial charge in [0.2, 0.25) is 5.95 Å². The molecule has 23 heavy (non-hydrogen) atoms. The van der Waals surface area contributed by atoms with Crippen LogP contribution in [0.25, 0.3) is 5.52 Å². The zero-order valence-corrected chi connectivity index (χ0v) is 12.3. The number of nitrogen functional groups attached to an aromatic ring is 1. The zero-order valence-electron chi connectivity index (χ0n) is 12.3. The Morgan fingerprint density at radius 1 is 1.52 bits per heavy atom. The molecule has 0 aromatic carbocycles. The summed E-state index contributed by atoms with van der Waals surface area (Å²) in [7, 11) is 0. The Kier molecular flexibility index (Phi) is 3.44. The molecular formula is C14H14F3N5O. The molecule has 0 saturated carbocycles. The van der Waals surface area contributed by atoms with Gasteiger partial charge < -0.3 is 10.5 Å². The highest BCUT2D eigenvalue weighted by atomic mass is 19.4. The minimum atomic E-state index is -4.71. The highest BCUT2D eigenvalue weighted by Gasteiger charge is 2.47. The number of nitrogens with two attached hydrogens (primary N) is 1. The first-order valence-electron chi connectivity index (χ1n) is 7.13. The number of halogens is 3. The maximum absolute atomic E-state index is 13.5. The molecular weight excluding hydrogens is 311 g/mol. The Labute approximate surface area is 129 Å². The molecule has 2 N–H and O–H groups in total. The summed E-state index contributed by atoms with van der Waals surface area (Å²) in [5.74, 6) is -0.170. The van der Waals surface area contributed by atoms with Crippen molar-refractivity contribution in [1.29, 1.82) is 5.26 Å². The van der Waals surface area contributed by atoms with Crippen LogP contribution in [0.5, 0.6) is 0 Å². The van der Waals surface area contributed by atoms with Gasteiger partial charge in [-0.05, 0) is 19.3 Å². The first-order valence-corrected chi connectivity index (χ1v) is 7.13. The molecule has 1 aliphatic heterocycles. The number of fused-ring (bicyclic) bond motifs is 1. The SMILES string of the molecule is CCC1(c2c(C#N)c(C(F)(F)F)c3cnc(N)nn23)CCCO1. The van der Waals surface area contributed by atoms with E-state index in [0.29, 0.717) is 25.9 Å². The largest absolute Gasteiger partial charge is 0.419 e. The highest BCUT2D eigenvalue weighted by molar-refractivity contribution is 5.66. The number of hydrogen-bond acceptors (Lipinski definition) is 5. The first-order chi connectivity index (χ1) is 10.8. The molecule has 122 valence electrons. The summed E-state index contributed by atoms with van der Waals surface area (Å²) < 4.78 is 47.3. The van der Waals surface area contributed by atoms with Crippen molar-refractivity contribution >= 4 is 11.5 Å². The molecule has 0 radical (unpaired) electrons. The lowest BCUT2D eigenvalue weighted by molar-refractivity contribution is -0.136. The Balaban J connectivity index is 2.46. The van der Waals surface area contributed by atoms with Crippen molar-refractivity contribution in [3.8, 4) is 6.07 Å². The second-order valence-electron chi connectivity index (χ2n) is 5.42. The van der Waals surface area contributed by atoms with Crippen LogP contribution in [-0.2, 0) is 16.5 Å². The summed E-state index contributed by atoms with van der Waals surface area (Å²) in [6.45, 7) is 2.23. The van der Waals surface area contributed by atoms with E-state index in [2.05, 4.69) is 10.1 Å². The van der Waals surface area contributed by atoms with E-state index in [-0.39, 0.29) is 17.2 Å². The molecule has 1 unspecified atom stereocenters. The average Bonchev–Trinajstić information content (AvgIpc) is 3.08.